The molecule has 1 aromatic rings. The van der Waals surface area contributed by atoms with Gasteiger partial charge in [0.25, 0.3) is 0 Å². The number of carboxylic acids is 1. The Kier molecular flexibility index (Phi) is 4.30. The number of nitrogens with zero attached hydrogens (tertiary/aromatic N) is 1. The SMILES string of the molecule is CN(c1cc(N)ccc1C(=O)O)C1CCCCCC1. The molecule has 1 saturated carbocycles. The van der Waals surface area contributed by atoms with Crippen LogP contribution in [0.1, 0.15) is 48.9 Å². The van der Waals surface area contributed by atoms with Crippen LogP contribution in [0.2, 0.25) is 0 Å². The van der Waals surface area contributed by atoms with E-state index in [1.807, 2.05) is 7.05 Å². The maximum atomic E-state index is 11.3. The molecule has 0 saturated heterocycles. The first-order chi connectivity index (χ1) is 9.09. The fourth-order valence-electron chi connectivity index (χ4n) is 2.86. The Morgan fingerprint density at radius 3 is 2.47 bits per heavy atom. The van der Waals surface area contributed by atoms with E-state index in [9.17, 15) is 9.90 Å². The molecule has 0 aromatic heterocycles. The summed E-state index contributed by atoms with van der Waals surface area (Å²) in [6.07, 6.45) is 7.27. The first-order valence-corrected chi connectivity index (χ1v) is 6.95. The van der Waals surface area contributed by atoms with Crippen LogP contribution in [-0.2, 0) is 0 Å². The van der Waals surface area contributed by atoms with Crippen LogP contribution >= 0.6 is 0 Å². The van der Waals surface area contributed by atoms with Crippen LogP contribution in [0.3, 0.4) is 0 Å². The second kappa shape index (κ2) is 5.95. The van der Waals surface area contributed by atoms with E-state index in [2.05, 4.69) is 4.90 Å². The fraction of sp³-hybridized carbons (Fsp3) is 0.533. The molecule has 0 aliphatic heterocycles. The van der Waals surface area contributed by atoms with Crippen LogP contribution in [0.4, 0.5) is 11.4 Å². The highest BCUT2D eigenvalue weighted by Gasteiger charge is 2.21. The molecule has 0 atom stereocenters. The van der Waals surface area contributed by atoms with Crippen molar-refractivity contribution in [1.82, 2.24) is 0 Å². The molecule has 1 fully saturated rings. The van der Waals surface area contributed by atoms with Gasteiger partial charge in [0.1, 0.15) is 0 Å². The van der Waals surface area contributed by atoms with E-state index in [-0.39, 0.29) is 0 Å². The van der Waals surface area contributed by atoms with Crippen molar-refractivity contribution in [3.63, 3.8) is 0 Å². The van der Waals surface area contributed by atoms with E-state index < -0.39 is 5.97 Å². The van der Waals surface area contributed by atoms with Crippen molar-refractivity contribution in [2.24, 2.45) is 0 Å². The molecular formula is C15H22N2O2. The van der Waals surface area contributed by atoms with Gasteiger partial charge in [-0.2, -0.15) is 0 Å². The number of nitrogens with two attached hydrogens (primary N) is 1. The van der Waals surface area contributed by atoms with Crippen molar-refractivity contribution in [1.29, 1.82) is 0 Å². The Labute approximate surface area is 114 Å². The van der Waals surface area contributed by atoms with Crippen LogP contribution in [0.25, 0.3) is 0 Å². The van der Waals surface area contributed by atoms with Crippen molar-refractivity contribution in [2.45, 2.75) is 44.6 Å². The number of carbonyl (C=O) groups is 1. The summed E-state index contributed by atoms with van der Waals surface area (Å²) < 4.78 is 0. The Bertz CT molecular complexity index is 451. The summed E-state index contributed by atoms with van der Waals surface area (Å²) in [5.74, 6) is -0.893. The fourth-order valence-corrected chi connectivity index (χ4v) is 2.86. The quantitative estimate of drug-likeness (QED) is 0.648. The average Bonchev–Trinajstić information content (AvgIpc) is 2.66. The number of rotatable bonds is 3. The lowest BCUT2D eigenvalue weighted by Gasteiger charge is -2.30. The first-order valence-electron chi connectivity index (χ1n) is 6.95. The van der Waals surface area contributed by atoms with Gasteiger partial charge in [-0.3, -0.25) is 0 Å². The second-order valence-corrected chi connectivity index (χ2v) is 5.34. The molecule has 1 aliphatic rings. The zero-order chi connectivity index (χ0) is 13.8. The molecule has 3 N–H and O–H groups in total. The predicted octanol–water partition coefficient (Wildman–Crippen LogP) is 3.13. The van der Waals surface area contributed by atoms with Gasteiger partial charge in [-0.15, -0.1) is 0 Å². The Balaban J connectivity index is 2.28. The van der Waals surface area contributed by atoms with Crippen molar-refractivity contribution in [3.8, 4) is 0 Å². The van der Waals surface area contributed by atoms with Crippen LogP contribution in [0, 0.1) is 0 Å². The Hall–Kier alpha value is -1.71. The largest absolute Gasteiger partial charge is 0.478 e. The number of nitrogen functional groups attached to an aromatic ring is 1. The Morgan fingerprint density at radius 2 is 1.89 bits per heavy atom. The van der Waals surface area contributed by atoms with Crippen LogP contribution in [0.5, 0.6) is 0 Å². The summed E-state index contributed by atoms with van der Waals surface area (Å²) in [5, 5.41) is 9.29. The number of hydrogen-bond acceptors (Lipinski definition) is 3. The second-order valence-electron chi connectivity index (χ2n) is 5.34. The third-order valence-electron chi connectivity index (χ3n) is 4.00. The lowest BCUT2D eigenvalue weighted by molar-refractivity contribution is 0.0697. The molecule has 0 bridgehead atoms. The molecular weight excluding hydrogens is 240 g/mol. The standard InChI is InChI=1S/C15H22N2O2/c1-17(12-6-4-2-3-5-7-12)14-10-11(16)8-9-13(14)15(18)19/h8-10,12H,2-7,16H2,1H3,(H,18,19). The first kappa shape index (κ1) is 13.7. The maximum absolute atomic E-state index is 11.3. The molecule has 0 spiro atoms. The molecule has 19 heavy (non-hydrogen) atoms. The maximum Gasteiger partial charge on any atom is 0.337 e. The molecule has 4 nitrogen and oxygen atoms in total. The topological polar surface area (TPSA) is 66.6 Å². The smallest absolute Gasteiger partial charge is 0.337 e. The third kappa shape index (κ3) is 3.19. The summed E-state index contributed by atoms with van der Waals surface area (Å²) in [7, 11) is 1.98. The molecule has 1 aliphatic carbocycles. The zero-order valence-corrected chi connectivity index (χ0v) is 11.4. The van der Waals surface area contributed by atoms with Crippen molar-refractivity contribution in [3.05, 3.63) is 23.8 Å². The minimum atomic E-state index is -0.893. The summed E-state index contributed by atoms with van der Waals surface area (Å²) in [4.78, 5) is 13.4. The molecule has 0 amide bonds. The van der Waals surface area contributed by atoms with Gasteiger partial charge in [0, 0.05) is 18.8 Å². The van der Waals surface area contributed by atoms with Gasteiger partial charge in [-0.05, 0) is 31.0 Å². The minimum Gasteiger partial charge on any atom is -0.478 e. The van der Waals surface area contributed by atoms with Gasteiger partial charge in [-0.1, -0.05) is 25.7 Å². The monoisotopic (exact) mass is 262 g/mol. The van der Waals surface area contributed by atoms with Gasteiger partial charge in [0.05, 0.1) is 11.3 Å². The van der Waals surface area contributed by atoms with E-state index in [1.54, 1.807) is 18.2 Å². The summed E-state index contributed by atoms with van der Waals surface area (Å²) in [5.41, 5.74) is 7.49. The number of carboxylic acid groups (broad SMARTS) is 1. The number of hydrogen-bond donors (Lipinski definition) is 2. The molecule has 0 radical (unpaired) electrons. The summed E-state index contributed by atoms with van der Waals surface area (Å²) in [6, 6.07) is 5.44. The molecule has 0 unspecified atom stereocenters. The highest BCUT2D eigenvalue weighted by atomic mass is 16.4. The van der Waals surface area contributed by atoms with Crippen molar-refractivity contribution < 1.29 is 9.90 Å². The number of anilines is 2. The average molecular weight is 262 g/mol. The van der Waals surface area contributed by atoms with Gasteiger partial charge in [0.2, 0.25) is 0 Å². The summed E-state index contributed by atoms with van der Waals surface area (Å²) >= 11 is 0. The molecule has 4 heteroatoms. The van der Waals surface area contributed by atoms with Crippen LogP contribution in [-0.4, -0.2) is 24.2 Å². The van der Waals surface area contributed by atoms with Gasteiger partial charge in [-0.25, -0.2) is 4.79 Å². The zero-order valence-electron chi connectivity index (χ0n) is 11.4. The highest BCUT2D eigenvalue weighted by Crippen LogP contribution is 2.29. The van der Waals surface area contributed by atoms with Gasteiger partial charge in [0.15, 0.2) is 0 Å². The molecule has 104 valence electrons. The van der Waals surface area contributed by atoms with E-state index in [1.165, 1.54) is 25.7 Å². The highest BCUT2D eigenvalue weighted by molar-refractivity contribution is 5.95. The van der Waals surface area contributed by atoms with E-state index in [0.717, 1.165) is 18.5 Å². The predicted molar refractivity (Wildman–Crippen MR) is 77.7 cm³/mol. The van der Waals surface area contributed by atoms with Crippen molar-refractivity contribution >= 4 is 17.3 Å². The number of aromatic carboxylic acids is 1. The lowest BCUT2D eigenvalue weighted by atomic mass is 10.0. The van der Waals surface area contributed by atoms with E-state index in [4.69, 9.17) is 5.73 Å². The lowest BCUT2D eigenvalue weighted by Crippen LogP contribution is -2.32. The minimum absolute atomic E-state index is 0.334. The third-order valence-corrected chi connectivity index (χ3v) is 4.00. The normalized spacial score (nSPS) is 16.9. The van der Waals surface area contributed by atoms with Crippen LogP contribution in [0.15, 0.2) is 18.2 Å². The van der Waals surface area contributed by atoms with Crippen molar-refractivity contribution in [2.75, 3.05) is 17.7 Å². The van der Waals surface area contributed by atoms with Gasteiger partial charge >= 0.3 is 5.97 Å². The van der Waals surface area contributed by atoms with E-state index in [0.29, 0.717) is 17.3 Å². The summed E-state index contributed by atoms with van der Waals surface area (Å²) in [6.45, 7) is 0. The van der Waals surface area contributed by atoms with E-state index >= 15 is 0 Å². The molecule has 1 aromatic carbocycles. The van der Waals surface area contributed by atoms with Crippen LogP contribution < -0.4 is 10.6 Å². The molecule has 2 rings (SSSR count). The Morgan fingerprint density at radius 1 is 1.26 bits per heavy atom. The van der Waals surface area contributed by atoms with Gasteiger partial charge < -0.3 is 15.7 Å². The number of benzene rings is 1. The molecule has 0 heterocycles.